The van der Waals surface area contributed by atoms with E-state index in [1.54, 1.807) is 16.8 Å². The van der Waals surface area contributed by atoms with Crippen LogP contribution in [0.15, 0.2) is 30.5 Å². The summed E-state index contributed by atoms with van der Waals surface area (Å²) in [6.45, 7) is 1.99. The Balaban J connectivity index is 2.45. The molecule has 0 aliphatic rings. The molecule has 0 bridgehead atoms. The number of aromatic nitrogens is 2. The Hall–Kier alpha value is -1.16. The maximum Gasteiger partial charge on any atom is 0.123 e. The molecule has 0 radical (unpaired) electrons. The van der Waals surface area contributed by atoms with Gasteiger partial charge in [0.15, 0.2) is 0 Å². The minimum Gasteiger partial charge on any atom is -0.238 e. The fourth-order valence-corrected chi connectivity index (χ4v) is 1.97. The fraction of sp³-hybridized carbons (Fsp3) is 0.182. The molecule has 1 heterocycles. The van der Waals surface area contributed by atoms with Gasteiger partial charge in [-0.2, -0.15) is 5.10 Å². The van der Waals surface area contributed by atoms with Crippen LogP contribution in [0.1, 0.15) is 11.3 Å². The van der Waals surface area contributed by atoms with Crippen molar-refractivity contribution in [1.29, 1.82) is 0 Å². The third kappa shape index (κ3) is 1.95. The molecule has 0 saturated carbocycles. The van der Waals surface area contributed by atoms with Crippen LogP contribution in [0, 0.1) is 12.7 Å². The first-order valence-corrected chi connectivity index (χ1v) is 5.70. The van der Waals surface area contributed by atoms with Crippen LogP contribution in [0.25, 0.3) is 5.69 Å². The van der Waals surface area contributed by atoms with Crippen LogP contribution in [0.4, 0.5) is 4.39 Å². The Morgan fingerprint density at radius 3 is 2.53 bits per heavy atom. The average Bonchev–Trinajstić information content (AvgIpc) is 2.61. The highest BCUT2D eigenvalue weighted by molar-refractivity contribution is 9.08. The number of rotatable bonds is 2. The second kappa shape index (κ2) is 4.14. The van der Waals surface area contributed by atoms with Gasteiger partial charge in [0, 0.05) is 16.6 Å². The zero-order valence-corrected chi connectivity index (χ0v) is 9.83. The Kier molecular flexibility index (Phi) is 2.86. The van der Waals surface area contributed by atoms with Crippen LogP contribution in [0.2, 0.25) is 0 Å². The van der Waals surface area contributed by atoms with Gasteiger partial charge in [-0.25, -0.2) is 9.07 Å². The van der Waals surface area contributed by atoms with Crippen LogP contribution in [0.5, 0.6) is 0 Å². The quantitative estimate of drug-likeness (QED) is 0.765. The summed E-state index contributed by atoms with van der Waals surface area (Å²) in [5.74, 6) is -0.232. The summed E-state index contributed by atoms with van der Waals surface area (Å²) < 4.78 is 14.5. The number of halogens is 2. The second-order valence-electron chi connectivity index (χ2n) is 3.28. The lowest BCUT2D eigenvalue weighted by Gasteiger charge is -2.04. The van der Waals surface area contributed by atoms with Gasteiger partial charge in [0.1, 0.15) is 5.82 Å². The van der Waals surface area contributed by atoms with Gasteiger partial charge in [-0.15, -0.1) is 0 Å². The van der Waals surface area contributed by atoms with E-state index < -0.39 is 0 Å². The van der Waals surface area contributed by atoms with Crippen molar-refractivity contribution in [2.45, 2.75) is 12.3 Å². The summed E-state index contributed by atoms with van der Waals surface area (Å²) in [4.78, 5) is 0. The molecule has 0 unspecified atom stereocenters. The van der Waals surface area contributed by atoms with Gasteiger partial charge in [-0.1, -0.05) is 15.9 Å². The van der Waals surface area contributed by atoms with E-state index in [4.69, 9.17) is 0 Å². The summed E-state index contributed by atoms with van der Waals surface area (Å²) in [5, 5.41) is 5.03. The molecule has 4 heteroatoms. The third-order valence-electron chi connectivity index (χ3n) is 2.33. The number of hydrogen-bond donors (Lipinski definition) is 0. The third-order valence-corrected chi connectivity index (χ3v) is 2.93. The van der Waals surface area contributed by atoms with Gasteiger partial charge in [-0.05, 0) is 31.2 Å². The van der Waals surface area contributed by atoms with Gasteiger partial charge in [0.25, 0.3) is 0 Å². The van der Waals surface area contributed by atoms with Crippen LogP contribution in [-0.2, 0) is 5.33 Å². The summed E-state index contributed by atoms with van der Waals surface area (Å²) in [6.07, 6.45) is 1.81. The van der Waals surface area contributed by atoms with E-state index in [1.165, 1.54) is 12.1 Å². The molecular weight excluding hydrogens is 259 g/mol. The number of benzene rings is 1. The van der Waals surface area contributed by atoms with E-state index in [-0.39, 0.29) is 5.82 Å². The summed E-state index contributed by atoms with van der Waals surface area (Å²) in [6, 6.07) is 6.30. The lowest BCUT2D eigenvalue weighted by atomic mass is 10.3. The molecule has 0 amide bonds. The predicted molar refractivity (Wildman–Crippen MR) is 60.9 cm³/mol. The minimum absolute atomic E-state index is 0.232. The maximum atomic E-state index is 12.7. The monoisotopic (exact) mass is 268 g/mol. The number of hydrogen-bond acceptors (Lipinski definition) is 1. The Morgan fingerprint density at radius 1 is 1.33 bits per heavy atom. The largest absolute Gasteiger partial charge is 0.238 e. The molecule has 2 aromatic rings. The molecule has 78 valence electrons. The standard InChI is InChI=1S/C11H10BrFN2/c1-8-9(6-12)7-14-15(8)11-4-2-10(13)3-5-11/h2-5,7H,6H2,1H3. The zero-order valence-electron chi connectivity index (χ0n) is 8.24. The minimum atomic E-state index is -0.232. The highest BCUT2D eigenvalue weighted by Gasteiger charge is 2.06. The van der Waals surface area contributed by atoms with Gasteiger partial charge in [0.05, 0.1) is 11.9 Å². The van der Waals surface area contributed by atoms with Crippen LogP contribution >= 0.6 is 15.9 Å². The van der Waals surface area contributed by atoms with Crippen molar-refractivity contribution in [3.8, 4) is 5.69 Å². The van der Waals surface area contributed by atoms with E-state index in [1.807, 2.05) is 13.1 Å². The van der Waals surface area contributed by atoms with Crippen molar-refractivity contribution in [3.63, 3.8) is 0 Å². The van der Waals surface area contributed by atoms with Crippen molar-refractivity contribution in [2.75, 3.05) is 0 Å². The van der Waals surface area contributed by atoms with Crippen LogP contribution in [0.3, 0.4) is 0 Å². The molecule has 0 spiro atoms. The first-order valence-electron chi connectivity index (χ1n) is 4.58. The predicted octanol–water partition coefficient (Wildman–Crippen LogP) is 3.21. The highest BCUT2D eigenvalue weighted by Crippen LogP contribution is 2.16. The van der Waals surface area contributed by atoms with E-state index in [9.17, 15) is 4.39 Å². The Morgan fingerprint density at radius 2 is 2.00 bits per heavy atom. The van der Waals surface area contributed by atoms with E-state index >= 15 is 0 Å². The summed E-state index contributed by atoms with van der Waals surface area (Å²) in [7, 11) is 0. The van der Waals surface area contributed by atoms with Gasteiger partial charge in [0.2, 0.25) is 0 Å². The molecule has 0 saturated heterocycles. The average molecular weight is 269 g/mol. The Bertz CT molecular complexity index is 462. The normalized spacial score (nSPS) is 10.6. The zero-order chi connectivity index (χ0) is 10.8. The van der Waals surface area contributed by atoms with Gasteiger partial charge >= 0.3 is 0 Å². The van der Waals surface area contributed by atoms with Gasteiger partial charge in [-0.3, -0.25) is 0 Å². The SMILES string of the molecule is Cc1c(CBr)cnn1-c1ccc(F)cc1. The lowest BCUT2D eigenvalue weighted by Crippen LogP contribution is -1.99. The van der Waals surface area contributed by atoms with Crippen LogP contribution < -0.4 is 0 Å². The van der Waals surface area contributed by atoms with Crippen molar-refractivity contribution >= 4 is 15.9 Å². The molecule has 2 rings (SSSR count). The first kappa shape index (κ1) is 10.4. The summed E-state index contributed by atoms with van der Waals surface area (Å²) in [5.41, 5.74) is 3.08. The lowest BCUT2D eigenvalue weighted by molar-refractivity contribution is 0.627. The number of alkyl halides is 1. The van der Waals surface area contributed by atoms with Crippen LogP contribution in [-0.4, -0.2) is 9.78 Å². The summed E-state index contributed by atoms with van der Waals surface area (Å²) >= 11 is 3.39. The molecule has 1 aromatic carbocycles. The van der Waals surface area contributed by atoms with E-state index in [0.29, 0.717) is 0 Å². The molecular formula is C11H10BrFN2. The van der Waals surface area contributed by atoms with Crippen molar-refractivity contribution < 1.29 is 4.39 Å². The van der Waals surface area contributed by atoms with E-state index in [0.717, 1.165) is 22.3 Å². The molecule has 2 nitrogen and oxygen atoms in total. The molecule has 15 heavy (non-hydrogen) atoms. The van der Waals surface area contributed by atoms with Crippen molar-refractivity contribution in [1.82, 2.24) is 9.78 Å². The molecule has 0 aliphatic heterocycles. The van der Waals surface area contributed by atoms with Crippen molar-refractivity contribution in [3.05, 3.63) is 47.5 Å². The van der Waals surface area contributed by atoms with Gasteiger partial charge < -0.3 is 0 Å². The maximum absolute atomic E-state index is 12.7. The molecule has 0 fully saturated rings. The number of nitrogens with zero attached hydrogens (tertiary/aromatic N) is 2. The first-order chi connectivity index (χ1) is 7.22. The molecule has 0 aliphatic carbocycles. The van der Waals surface area contributed by atoms with Crippen molar-refractivity contribution in [2.24, 2.45) is 0 Å². The highest BCUT2D eigenvalue weighted by atomic mass is 79.9. The van der Waals surface area contributed by atoms with E-state index in [2.05, 4.69) is 21.0 Å². The topological polar surface area (TPSA) is 17.8 Å². The smallest absolute Gasteiger partial charge is 0.123 e. The molecule has 1 aromatic heterocycles. The Labute approximate surface area is 95.9 Å². The molecule has 0 N–H and O–H groups in total. The second-order valence-corrected chi connectivity index (χ2v) is 3.84. The fourth-order valence-electron chi connectivity index (χ4n) is 1.42. The molecule has 0 atom stereocenters.